The van der Waals surface area contributed by atoms with Gasteiger partial charge >= 0.3 is 0 Å². The van der Waals surface area contributed by atoms with Crippen LogP contribution in [0.3, 0.4) is 0 Å². The smallest absolute Gasteiger partial charge is 0.259 e. The highest BCUT2D eigenvalue weighted by atomic mass is 35.5. The standard InChI is InChI=1S/C20H32ClNO4Si/c1-8-14(19(22)24)15-10-17(25-5)13(9-16(15)21)12-26-27(6,7)18(23)11-20(2,3)4/h9-10,14H,8,11-12H2,1-7H3,(H2,22,24). The van der Waals surface area contributed by atoms with Crippen LogP contribution in [0.4, 0.5) is 0 Å². The monoisotopic (exact) mass is 413 g/mol. The van der Waals surface area contributed by atoms with Crippen molar-refractivity contribution in [3.05, 3.63) is 28.3 Å². The highest BCUT2D eigenvalue weighted by Crippen LogP contribution is 2.34. The largest absolute Gasteiger partial charge is 0.496 e. The average molecular weight is 414 g/mol. The summed E-state index contributed by atoms with van der Waals surface area (Å²) >= 11 is 6.40. The molecule has 1 amide bonds. The second-order valence-electron chi connectivity index (χ2n) is 8.51. The Morgan fingerprint density at radius 1 is 1.26 bits per heavy atom. The zero-order valence-electron chi connectivity index (χ0n) is 17.4. The van der Waals surface area contributed by atoms with E-state index in [4.69, 9.17) is 26.5 Å². The Hall–Kier alpha value is -1.37. The lowest BCUT2D eigenvalue weighted by Crippen LogP contribution is -2.42. The molecule has 1 atom stereocenters. The summed E-state index contributed by atoms with van der Waals surface area (Å²) in [6.45, 7) is 12.0. The van der Waals surface area contributed by atoms with Crippen molar-refractivity contribution in [3.63, 3.8) is 0 Å². The third-order valence-electron chi connectivity index (χ3n) is 4.48. The molecule has 5 nitrogen and oxygen atoms in total. The first-order valence-corrected chi connectivity index (χ1v) is 12.4. The number of hydrogen-bond acceptors (Lipinski definition) is 4. The Kier molecular flexibility index (Phi) is 8.08. The number of primary amides is 1. The Labute approximate surface area is 168 Å². The van der Waals surface area contributed by atoms with Gasteiger partial charge in [-0.05, 0) is 42.6 Å². The van der Waals surface area contributed by atoms with Crippen LogP contribution in [0.2, 0.25) is 18.1 Å². The van der Waals surface area contributed by atoms with Crippen LogP contribution in [0.1, 0.15) is 57.6 Å². The van der Waals surface area contributed by atoms with Crippen molar-refractivity contribution < 1.29 is 18.8 Å². The molecule has 0 fully saturated rings. The van der Waals surface area contributed by atoms with Gasteiger partial charge in [0.1, 0.15) is 11.2 Å². The predicted octanol–water partition coefficient (Wildman–Crippen LogP) is 4.59. The van der Waals surface area contributed by atoms with Crippen LogP contribution in [0, 0.1) is 5.41 Å². The van der Waals surface area contributed by atoms with E-state index in [1.165, 1.54) is 0 Å². The molecular formula is C20H32ClNO4Si. The van der Waals surface area contributed by atoms with Gasteiger partial charge in [0.25, 0.3) is 8.32 Å². The number of halogens is 1. The van der Waals surface area contributed by atoms with E-state index in [1.54, 1.807) is 19.2 Å². The maximum atomic E-state index is 12.6. The summed E-state index contributed by atoms with van der Waals surface area (Å²) in [5.74, 6) is -0.325. The molecule has 0 saturated heterocycles. The van der Waals surface area contributed by atoms with Gasteiger partial charge in [0, 0.05) is 17.0 Å². The molecule has 2 N–H and O–H groups in total. The lowest BCUT2D eigenvalue weighted by molar-refractivity contribution is -0.119. The molecule has 0 aliphatic carbocycles. The topological polar surface area (TPSA) is 78.6 Å². The Bertz CT molecular complexity index is 698. The molecule has 0 spiro atoms. The Morgan fingerprint density at radius 2 is 1.85 bits per heavy atom. The normalized spacial score (nSPS) is 13.3. The molecule has 1 rings (SSSR count). The van der Waals surface area contributed by atoms with Crippen molar-refractivity contribution in [2.45, 2.75) is 66.2 Å². The van der Waals surface area contributed by atoms with Crippen LogP contribution in [0.25, 0.3) is 0 Å². The maximum Gasteiger partial charge on any atom is 0.259 e. The van der Waals surface area contributed by atoms with Gasteiger partial charge in [-0.1, -0.05) is 39.3 Å². The maximum absolute atomic E-state index is 12.6. The second-order valence-corrected chi connectivity index (χ2v) is 12.8. The van der Waals surface area contributed by atoms with Gasteiger partial charge in [-0.25, -0.2) is 0 Å². The van der Waals surface area contributed by atoms with E-state index in [2.05, 4.69) is 0 Å². The second kappa shape index (κ2) is 9.21. The number of nitrogens with two attached hydrogens (primary N) is 1. The van der Waals surface area contributed by atoms with Crippen molar-refractivity contribution in [3.8, 4) is 5.75 Å². The highest BCUT2D eigenvalue weighted by molar-refractivity contribution is 6.99. The molecular weight excluding hydrogens is 382 g/mol. The fourth-order valence-corrected chi connectivity index (χ4v) is 4.74. The van der Waals surface area contributed by atoms with E-state index < -0.39 is 20.1 Å². The SMILES string of the molecule is CCC(C(N)=O)c1cc(OC)c(CO[Si](C)(C)C(=O)CC(C)(C)C)cc1Cl. The van der Waals surface area contributed by atoms with Crippen molar-refractivity contribution in [1.82, 2.24) is 0 Å². The van der Waals surface area contributed by atoms with Crippen molar-refractivity contribution in [2.24, 2.45) is 11.1 Å². The molecule has 0 aromatic heterocycles. The number of amides is 1. The summed E-state index contributed by atoms with van der Waals surface area (Å²) in [4.78, 5) is 24.3. The minimum atomic E-state index is -2.52. The summed E-state index contributed by atoms with van der Waals surface area (Å²) in [6, 6.07) is 3.48. The van der Waals surface area contributed by atoms with Gasteiger partial charge in [0.2, 0.25) is 5.91 Å². The lowest BCUT2D eigenvalue weighted by Gasteiger charge is -2.26. The van der Waals surface area contributed by atoms with E-state index in [0.29, 0.717) is 29.2 Å². The number of rotatable bonds is 9. The first kappa shape index (κ1) is 23.7. The molecule has 1 unspecified atom stereocenters. The molecule has 7 heteroatoms. The average Bonchev–Trinajstić information content (AvgIpc) is 2.53. The Morgan fingerprint density at radius 3 is 2.30 bits per heavy atom. The third kappa shape index (κ3) is 6.62. The predicted molar refractivity (Wildman–Crippen MR) is 112 cm³/mol. The quantitative estimate of drug-likeness (QED) is 0.600. The summed E-state index contributed by atoms with van der Waals surface area (Å²) in [5, 5.41) is 0.622. The number of carbonyl (C=O) groups is 2. The van der Waals surface area contributed by atoms with Gasteiger partial charge < -0.3 is 19.7 Å². The fourth-order valence-electron chi connectivity index (χ4n) is 2.79. The molecule has 1 aromatic rings. The molecule has 0 saturated carbocycles. The van der Waals surface area contributed by atoms with Crippen LogP contribution in [0.5, 0.6) is 5.75 Å². The highest BCUT2D eigenvalue weighted by Gasteiger charge is 2.35. The van der Waals surface area contributed by atoms with Gasteiger partial charge in [-0.2, -0.15) is 0 Å². The third-order valence-corrected chi connectivity index (χ3v) is 7.19. The van der Waals surface area contributed by atoms with Crippen LogP contribution in [-0.4, -0.2) is 26.7 Å². The summed E-state index contributed by atoms with van der Waals surface area (Å²) < 4.78 is 11.5. The van der Waals surface area contributed by atoms with Gasteiger partial charge in [-0.3, -0.25) is 4.79 Å². The van der Waals surface area contributed by atoms with Crippen LogP contribution >= 0.6 is 11.6 Å². The van der Waals surface area contributed by atoms with Crippen LogP contribution in [0.15, 0.2) is 12.1 Å². The first-order chi connectivity index (χ1) is 12.3. The number of hydrogen-bond donors (Lipinski definition) is 1. The molecule has 0 bridgehead atoms. The van der Waals surface area contributed by atoms with Gasteiger partial charge in [0.15, 0.2) is 0 Å². The zero-order chi connectivity index (χ0) is 21.0. The van der Waals surface area contributed by atoms with E-state index in [9.17, 15) is 9.59 Å². The number of methoxy groups -OCH3 is 1. The minimum absolute atomic E-state index is 0.0721. The molecule has 0 radical (unpaired) electrons. The van der Waals surface area contributed by atoms with Crippen LogP contribution < -0.4 is 10.5 Å². The van der Waals surface area contributed by atoms with E-state index in [0.717, 1.165) is 5.56 Å². The Balaban J connectivity index is 3.06. The molecule has 152 valence electrons. The minimum Gasteiger partial charge on any atom is -0.496 e. The van der Waals surface area contributed by atoms with Crippen LogP contribution in [-0.2, 0) is 20.6 Å². The molecule has 0 aliphatic rings. The summed E-state index contributed by atoms with van der Waals surface area (Å²) in [5.41, 5.74) is 6.80. The fraction of sp³-hybridized carbons (Fsp3) is 0.600. The molecule has 0 aliphatic heterocycles. The summed E-state index contributed by atoms with van der Waals surface area (Å²) in [6.07, 6.45) is 1.04. The summed E-state index contributed by atoms with van der Waals surface area (Å²) in [7, 11) is -0.974. The van der Waals surface area contributed by atoms with E-state index in [-0.39, 0.29) is 17.4 Å². The zero-order valence-corrected chi connectivity index (χ0v) is 19.2. The van der Waals surface area contributed by atoms with Gasteiger partial charge in [0.05, 0.1) is 19.6 Å². The molecule has 27 heavy (non-hydrogen) atoms. The number of carbonyl (C=O) groups excluding carboxylic acids is 2. The number of benzene rings is 1. The number of ether oxygens (including phenoxy) is 1. The van der Waals surface area contributed by atoms with Crippen molar-refractivity contribution in [2.75, 3.05) is 7.11 Å². The van der Waals surface area contributed by atoms with E-state index >= 15 is 0 Å². The lowest BCUT2D eigenvalue weighted by atomic mass is 9.93. The molecule has 1 aromatic carbocycles. The van der Waals surface area contributed by atoms with E-state index in [1.807, 2.05) is 40.8 Å². The first-order valence-electron chi connectivity index (χ1n) is 9.15. The van der Waals surface area contributed by atoms with Crippen molar-refractivity contribution in [1.29, 1.82) is 0 Å². The van der Waals surface area contributed by atoms with Crippen molar-refractivity contribution >= 4 is 31.2 Å². The van der Waals surface area contributed by atoms with Gasteiger partial charge in [-0.15, -0.1) is 0 Å². The molecule has 0 heterocycles.